The van der Waals surface area contributed by atoms with Crippen molar-refractivity contribution in [1.29, 1.82) is 0 Å². The van der Waals surface area contributed by atoms with Crippen LogP contribution in [-0.2, 0) is 11.0 Å². The summed E-state index contributed by atoms with van der Waals surface area (Å²) in [6.07, 6.45) is -3.60. The van der Waals surface area contributed by atoms with Crippen LogP contribution in [0.2, 0.25) is 5.02 Å². The number of nitrogens with one attached hydrogen (secondary N) is 2. The van der Waals surface area contributed by atoms with Crippen LogP contribution in [0.1, 0.15) is 36.3 Å². The van der Waals surface area contributed by atoms with Crippen molar-refractivity contribution in [3.8, 4) is 5.69 Å². The van der Waals surface area contributed by atoms with Crippen molar-refractivity contribution in [2.75, 3.05) is 10.6 Å². The van der Waals surface area contributed by atoms with Gasteiger partial charge in [0.2, 0.25) is 5.91 Å². The minimum Gasteiger partial charge on any atom is -0.326 e. The Morgan fingerprint density at radius 1 is 1.00 bits per heavy atom. The van der Waals surface area contributed by atoms with E-state index in [0.29, 0.717) is 21.8 Å². The number of nitrogens with zero attached hydrogens (tertiary/aromatic N) is 2. The molecule has 0 unspecified atom stereocenters. The lowest BCUT2D eigenvalue weighted by Gasteiger charge is -2.13. The monoisotopic (exact) mass is 464 g/mol. The fraction of sp³-hybridized carbons (Fsp3) is 0.227. The molecule has 0 spiro atoms. The van der Waals surface area contributed by atoms with Gasteiger partial charge in [-0.15, -0.1) is 0 Å². The first-order chi connectivity index (χ1) is 15.0. The van der Waals surface area contributed by atoms with Crippen molar-refractivity contribution in [3.63, 3.8) is 0 Å². The molecule has 168 valence electrons. The summed E-state index contributed by atoms with van der Waals surface area (Å²) in [5.74, 6) is -0.916. The third kappa shape index (κ3) is 5.67. The molecule has 1 aromatic heterocycles. The van der Waals surface area contributed by atoms with Crippen LogP contribution < -0.4 is 10.6 Å². The average Bonchev–Trinajstić information content (AvgIpc) is 3.15. The fourth-order valence-corrected chi connectivity index (χ4v) is 3.11. The molecule has 0 aliphatic heterocycles. The van der Waals surface area contributed by atoms with E-state index in [0.717, 1.165) is 6.20 Å². The van der Waals surface area contributed by atoms with Gasteiger partial charge < -0.3 is 10.6 Å². The predicted molar refractivity (Wildman–Crippen MR) is 116 cm³/mol. The van der Waals surface area contributed by atoms with E-state index < -0.39 is 23.3 Å². The van der Waals surface area contributed by atoms with E-state index >= 15 is 0 Å². The molecule has 0 atom stereocenters. The topological polar surface area (TPSA) is 76.0 Å². The van der Waals surface area contributed by atoms with Gasteiger partial charge in [0, 0.05) is 22.8 Å². The molecule has 2 N–H and O–H groups in total. The van der Waals surface area contributed by atoms with Crippen LogP contribution in [0.5, 0.6) is 0 Å². The van der Waals surface area contributed by atoms with Gasteiger partial charge in [0.25, 0.3) is 5.91 Å². The Morgan fingerprint density at radius 2 is 1.56 bits per heavy atom. The van der Waals surface area contributed by atoms with Gasteiger partial charge in [-0.25, -0.2) is 4.68 Å². The number of carbonyl (C=O) groups excluding carboxylic acids is 2. The molecule has 3 rings (SSSR count). The highest BCUT2D eigenvalue weighted by Crippen LogP contribution is 2.34. The Kier molecular flexibility index (Phi) is 6.88. The Morgan fingerprint density at radius 3 is 2.09 bits per heavy atom. The molecule has 0 bridgehead atoms. The molecular weight excluding hydrogens is 445 g/mol. The molecule has 0 radical (unpaired) electrons. The number of benzene rings is 2. The molecule has 32 heavy (non-hydrogen) atoms. The van der Waals surface area contributed by atoms with E-state index in [4.69, 9.17) is 11.6 Å². The van der Waals surface area contributed by atoms with Gasteiger partial charge in [0.15, 0.2) is 5.69 Å². The maximum atomic E-state index is 13.8. The Hall–Kier alpha value is -3.33. The number of halogens is 4. The van der Waals surface area contributed by atoms with Crippen LogP contribution in [-0.4, -0.2) is 21.6 Å². The van der Waals surface area contributed by atoms with Crippen molar-refractivity contribution < 1.29 is 22.8 Å². The maximum absolute atomic E-state index is 13.8. The summed E-state index contributed by atoms with van der Waals surface area (Å²) in [5, 5.41) is 9.27. The standard InChI is InChI=1S/C22H20ClF3N4O2/c1-13(2)11-19(31)28-15-5-7-16(8-6-15)29-21(32)18-12-27-30(20(18)22(24,25)26)17-9-3-14(23)4-10-17/h3-10,12-13H,11H2,1-2H3,(H,28,31)(H,29,32). The molecule has 2 aromatic carbocycles. The van der Waals surface area contributed by atoms with Gasteiger partial charge in [-0.05, 0) is 54.4 Å². The van der Waals surface area contributed by atoms with Crippen LogP contribution >= 0.6 is 11.6 Å². The average molecular weight is 465 g/mol. The summed E-state index contributed by atoms with van der Waals surface area (Å²) in [4.78, 5) is 24.4. The second kappa shape index (κ2) is 9.44. The lowest BCUT2D eigenvalue weighted by Crippen LogP contribution is -2.20. The first-order valence-electron chi connectivity index (χ1n) is 9.67. The number of carbonyl (C=O) groups is 2. The zero-order valence-corrected chi connectivity index (χ0v) is 18.0. The van der Waals surface area contributed by atoms with Crippen molar-refractivity contribution in [1.82, 2.24) is 9.78 Å². The summed E-state index contributed by atoms with van der Waals surface area (Å²) < 4.78 is 41.9. The Bertz CT molecular complexity index is 1110. The van der Waals surface area contributed by atoms with E-state index in [1.165, 1.54) is 36.4 Å². The lowest BCUT2D eigenvalue weighted by atomic mass is 10.1. The summed E-state index contributed by atoms with van der Waals surface area (Å²) in [6.45, 7) is 3.84. The largest absolute Gasteiger partial charge is 0.434 e. The zero-order valence-electron chi connectivity index (χ0n) is 17.2. The molecule has 0 saturated carbocycles. The van der Waals surface area contributed by atoms with Crippen LogP contribution in [0, 0.1) is 5.92 Å². The summed E-state index contributed by atoms with van der Waals surface area (Å²) >= 11 is 5.80. The molecule has 0 aliphatic rings. The molecule has 0 fully saturated rings. The lowest BCUT2D eigenvalue weighted by molar-refractivity contribution is -0.143. The summed E-state index contributed by atoms with van der Waals surface area (Å²) in [6, 6.07) is 11.7. The minimum absolute atomic E-state index is 0.113. The van der Waals surface area contributed by atoms with Gasteiger partial charge >= 0.3 is 6.18 Å². The van der Waals surface area contributed by atoms with Gasteiger partial charge in [0.05, 0.1) is 17.4 Å². The van der Waals surface area contributed by atoms with Crippen molar-refractivity contribution in [3.05, 3.63) is 71.0 Å². The van der Waals surface area contributed by atoms with Crippen molar-refractivity contribution >= 4 is 34.8 Å². The van der Waals surface area contributed by atoms with E-state index in [2.05, 4.69) is 15.7 Å². The number of hydrogen-bond acceptors (Lipinski definition) is 3. The van der Waals surface area contributed by atoms with Crippen LogP contribution in [0.3, 0.4) is 0 Å². The summed E-state index contributed by atoms with van der Waals surface area (Å²) in [5.41, 5.74) is -0.927. The van der Waals surface area contributed by atoms with Crippen LogP contribution in [0.15, 0.2) is 54.7 Å². The second-order valence-electron chi connectivity index (χ2n) is 7.47. The Balaban J connectivity index is 1.81. The summed E-state index contributed by atoms with van der Waals surface area (Å²) in [7, 11) is 0. The predicted octanol–water partition coefficient (Wildman–Crippen LogP) is 5.78. The number of rotatable bonds is 6. The van der Waals surface area contributed by atoms with Gasteiger partial charge in [-0.3, -0.25) is 9.59 Å². The molecular formula is C22H20ClF3N4O2. The third-order valence-electron chi connectivity index (χ3n) is 4.37. The highest BCUT2D eigenvalue weighted by Gasteiger charge is 2.40. The normalized spacial score (nSPS) is 11.5. The molecule has 0 aliphatic carbocycles. The van der Waals surface area contributed by atoms with Crippen molar-refractivity contribution in [2.45, 2.75) is 26.4 Å². The number of aromatic nitrogens is 2. The third-order valence-corrected chi connectivity index (χ3v) is 4.63. The molecule has 6 nitrogen and oxygen atoms in total. The van der Waals surface area contributed by atoms with Gasteiger partial charge in [-0.2, -0.15) is 18.3 Å². The fourth-order valence-electron chi connectivity index (χ4n) is 2.98. The zero-order chi connectivity index (χ0) is 23.5. The van der Waals surface area contributed by atoms with E-state index in [-0.39, 0.29) is 23.2 Å². The van der Waals surface area contributed by atoms with E-state index in [1.54, 1.807) is 12.1 Å². The second-order valence-corrected chi connectivity index (χ2v) is 7.91. The quantitative estimate of drug-likeness (QED) is 0.485. The van der Waals surface area contributed by atoms with E-state index in [1.807, 2.05) is 13.8 Å². The van der Waals surface area contributed by atoms with Gasteiger partial charge in [0.1, 0.15) is 0 Å². The molecule has 10 heteroatoms. The smallest absolute Gasteiger partial charge is 0.326 e. The highest BCUT2D eigenvalue weighted by molar-refractivity contribution is 6.30. The molecule has 1 heterocycles. The first kappa shape index (κ1) is 23.3. The van der Waals surface area contributed by atoms with Crippen LogP contribution in [0.4, 0.5) is 24.5 Å². The number of amides is 2. The van der Waals surface area contributed by atoms with Crippen LogP contribution in [0.25, 0.3) is 5.69 Å². The number of hydrogen-bond donors (Lipinski definition) is 2. The molecule has 2 amide bonds. The minimum atomic E-state index is -4.83. The first-order valence-corrected chi connectivity index (χ1v) is 10.0. The molecule has 0 saturated heterocycles. The van der Waals surface area contributed by atoms with Crippen molar-refractivity contribution in [2.24, 2.45) is 5.92 Å². The maximum Gasteiger partial charge on any atom is 0.434 e. The van der Waals surface area contributed by atoms with E-state index in [9.17, 15) is 22.8 Å². The van der Waals surface area contributed by atoms with Gasteiger partial charge in [-0.1, -0.05) is 25.4 Å². The number of alkyl halides is 3. The number of anilines is 2. The Labute approximate surface area is 187 Å². The SMILES string of the molecule is CC(C)CC(=O)Nc1ccc(NC(=O)c2cnn(-c3ccc(Cl)cc3)c2C(F)(F)F)cc1. The molecule has 3 aromatic rings. The highest BCUT2D eigenvalue weighted by atomic mass is 35.5.